The fourth-order valence-electron chi connectivity index (χ4n) is 2.11. The average molecular weight is 341 g/mol. The van der Waals surface area contributed by atoms with Crippen LogP contribution in [0.3, 0.4) is 0 Å². The molecular formula is C16H15N5O2S. The molecule has 0 saturated heterocycles. The second kappa shape index (κ2) is 7.05. The molecule has 1 N–H and O–H groups in total. The molecule has 0 spiro atoms. The summed E-state index contributed by atoms with van der Waals surface area (Å²) in [6.07, 6.45) is 3.26. The molecule has 0 aliphatic carbocycles. The van der Waals surface area contributed by atoms with Gasteiger partial charge in [-0.15, -0.1) is 5.10 Å². The first-order valence-electron chi connectivity index (χ1n) is 7.12. The van der Waals surface area contributed by atoms with Gasteiger partial charge in [-0.25, -0.2) is 0 Å². The van der Waals surface area contributed by atoms with Crippen molar-refractivity contribution in [3.63, 3.8) is 0 Å². The van der Waals surface area contributed by atoms with E-state index in [-0.39, 0.29) is 5.91 Å². The lowest BCUT2D eigenvalue weighted by atomic mass is 10.2. The van der Waals surface area contributed by atoms with Crippen molar-refractivity contribution in [2.45, 2.75) is 6.92 Å². The predicted molar refractivity (Wildman–Crippen MR) is 92.4 cm³/mol. The summed E-state index contributed by atoms with van der Waals surface area (Å²) in [5.74, 6) is 1.01. The number of nitrogens with zero attached hydrogens (tertiary/aromatic N) is 4. The monoisotopic (exact) mass is 341 g/mol. The number of ether oxygens (including phenoxy) is 1. The summed E-state index contributed by atoms with van der Waals surface area (Å²) < 4.78 is 6.89. The Kier molecular flexibility index (Phi) is 4.66. The minimum Gasteiger partial charge on any atom is -0.494 e. The highest BCUT2D eigenvalue weighted by molar-refractivity contribution is 7.08. The molecule has 2 heterocycles. The lowest BCUT2D eigenvalue weighted by Gasteiger charge is -2.11. The number of nitrogens with one attached hydrogen (secondary N) is 1. The number of hydrogen-bond acceptors (Lipinski definition) is 6. The fraction of sp³-hybridized carbons (Fsp3) is 0.125. The Bertz CT molecular complexity index is 870. The van der Waals surface area contributed by atoms with E-state index in [9.17, 15) is 4.79 Å². The third-order valence-corrected chi connectivity index (χ3v) is 3.97. The highest BCUT2D eigenvalue weighted by atomic mass is 32.1. The van der Waals surface area contributed by atoms with Gasteiger partial charge in [0.1, 0.15) is 11.4 Å². The van der Waals surface area contributed by atoms with Gasteiger partial charge in [0.05, 0.1) is 7.11 Å². The van der Waals surface area contributed by atoms with Gasteiger partial charge in [-0.1, -0.05) is 0 Å². The van der Waals surface area contributed by atoms with Crippen LogP contribution in [-0.4, -0.2) is 33.2 Å². The van der Waals surface area contributed by atoms with Crippen LogP contribution in [0.5, 0.6) is 5.75 Å². The molecule has 0 unspecified atom stereocenters. The van der Waals surface area contributed by atoms with Crippen molar-refractivity contribution in [2.24, 2.45) is 0 Å². The van der Waals surface area contributed by atoms with Crippen LogP contribution in [-0.2, 0) is 4.79 Å². The van der Waals surface area contributed by atoms with Gasteiger partial charge in [0.25, 0.3) is 0 Å². The van der Waals surface area contributed by atoms with E-state index in [1.165, 1.54) is 6.08 Å². The number of aryl methyl sites for hydroxylation is 1. The molecule has 122 valence electrons. The summed E-state index contributed by atoms with van der Waals surface area (Å²) in [5.41, 5.74) is 2.27. The van der Waals surface area contributed by atoms with Crippen LogP contribution in [0.1, 0.15) is 11.4 Å². The van der Waals surface area contributed by atoms with Crippen LogP contribution >= 0.6 is 11.3 Å². The zero-order valence-electron chi connectivity index (χ0n) is 13.1. The Morgan fingerprint density at radius 2 is 2.25 bits per heavy atom. The molecule has 0 radical (unpaired) electrons. The Morgan fingerprint density at radius 1 is 1.38 bits per heavy atom. The minimum absolute atomic E-state index is 0.217. The summed E-state index contributed by atoms with van der Waals surface area (Å²) in [5, 5.41) is 18.2. The molecule has 0 atom stereocenters. The van der Waals surface area contributed by atoms with Crippen molar-refractivity contribution in [3.05, 3.63) is 52.5 Å². The Labute approximate surface area is 142 Å². The van der Waals surface area contributed by atoms with E-state index in [1.807, 2.05) is 16.8 Å². The van der Waals surface area contributed by atoms with Crippen molar-refractivity contribution in [2.75, 3.05) is 12.4 Å². The molecule has 0 aliphatic heterocycles. The molecule has 3 rings (SSSR count). The second-order valence-electron chi connectivity index (χ2n) is 4.90. The number of carbonyl (C=O) groups excluding carboxylic acids is 1. The lowest BCUT2D eigenvalue weighted by Crippen LogP contribution is -2.09. The van der Waals surface area contributed by atoms with Gasteiger partial charge in [0.15, 0.2) is 5.82 Å². The summed E-state index contributed by atoms with van der Waals surface area (Å²) in [4.78, 5) is 12.1. The summed E-state index contributed by atoms with van der Waals surface area (Å²) in [7, 11) is 1.57. The van der Waals surface area contributed by atoms with Gasteiger partial charge in [0, 0.05) is 11.8 Å². The lowest BCUT2D eigenvalue weighted by molar-refractivity contribution is -0.111. The number of tetrazole rings is 1. The summed E-state index contributed by atoms with van der Waals surface area (Å²) in [6, 6.07) is 7.23. The maximum Gasteiger partial charge on any atom is 0.248 e. The molecule has 0 bridgehead atoms. The molecule has 2 aromatic heterocycles. The number of rotatable bonds is 5. The Balaban J connectivity index is 1.82. The SMILES string of the molecule is COc1ccc(NC(=O)/C=C\c2ccsc2)cc1-n1nnnc1C. The normalized spacial score (nSPS) is 10.9. The average Bonchev–Trinajstić information content (AvgIpc) is 3.24. The molecule has 7 nitrogen and oxygen atoms in total. The fourth-order valence-corrected chi connectivity index (χ4v) is 2.74. The third-order valence-electron chi connectivity index (χ3n) is 3.27. The van der Waals surface area contributed by atoms with Crippen LogP contribution < -0.4 is 10.1 Å². The van der Waals surface area contributed by atoms with Crippen LogP contribution in [0.15, 0.2) is 41.1 Å². The van der Waals surface area contributed by atoms with E-state index < -0.39 is 0 Å². The van der Waals surface area contributed by atoms with Crippen molar-refractivity contribution < 1.29 is 9.53 Å². The first kappa shape index (κ1) is 15.9. The molecule has 3 aromatic rings. The van der Waals surface area contributed by atoms with Gasteiger partial charge in [0.2, 0.25) is 5.91 Å². The summed E-state index contributed by atoms with van der Waals surface area (Å²) in [6.45, 7) is 1.79. The number of amides is 1. The highest BCUT2D eigenvalue weighted by Gasteiger charge is 2.11. The minimum atomic E-state index is -0.217. The number of hydrogen-bond donors (Lipinski definition) is 1. The maximum absolute atomic E-state index is 12.1. The second-order valence-corrected chi connectivity index (χ2v) is 5.68. The third kappa shape index (κ3) is 3.49. The quantitative estimate of drug-likeness (QED) is 0.722. The smallest absolute Gasteiger partial charge is 0.248 e. The van der Waals surface area contributed by atoms with Gasteiger partial charge >= 0.3 is 0 Å². The number of benzene rings is 1. The van der Waals surface area contributed by atoms with Crippen molar-refractivity contribution in [1.82, 2.24) is 20.2 Å². The van der Waals surface area contributed by atoms with Crippen molar-refractivity contribution >= 4 is 29.0 Å². The zero-order valence-corrected chi connectivity index (χ0v) is 13.9. The Morgan fingerprint density at radius 3 is 2.92 bits per heavy atom. The zero-order chi connectivity index (χ0) is 16.9. The number of methoxy groups -OCH3 is 1. The topological polar surface area (TPSA) is 81.9 Å². The molecule has 8 heteroatoms. The number of thiophene rings is 1. The van der Waals surface area contributed by atoms with Gasteiger partial charge in [-0.3, -0.25) is 4.79 Å². The predicted octanol–water partition coefficient (Wildman–Crippen LogP) is 2.69. The van der Waals surface area contributed by atoms with Crippen LogP contribution in [0.25, 0.3) is 11.8 Å². The van der Waals surface area contributed by atoms with Crippen LogP contribution in [0.2, 0.25) is 0 Å². The number of aromatic nitrogens is 4. The van der Waals surface area contributed by atoms with Gasteiger partial charge in [-0.2, -0.15) is 16.0 Å². The molecule has 1 aromatic carbocycles. The standard InChI is InChI=1S/C16H15N5O2S/c1-11-18-19-20-21(11)14-9-13(4-5-15(14)23-2)17-16(22)6-3-12-7-8-24-10-12/h3-10H,1-2H3,(H,17,22)/b6-3-. The van der Waals surface area contributed by atoms with Gasteiger partial charge in [-0.05, 0) is 64.0 Å². The van der Waals surface area contributed by atoms with Crippen LogP contribution in [0, 0.1) is 6.92 Å². The van der Waals surface area contributed by atoms with E-state index in [2.05, 4.69) is 20.8 Å². The first-order valence-corrected chi connectivity index (χ1v) is 8.06. The van der Waals surface area contributed by atoms with Crippen molar-refractivity contribution in [3.8, 4) is 11.4 Å². The number of anilines is 1. The molecule has 24 heavy (non-hydrogen) atoms. The molecule has 1 amide bonds. The molecule has 0 saturated carbocycles. The molecule has 0 aliphatic rings. The highest BCUT2D eigenvalue weighted by Crippen LogP contribution is 2.26. The maximum atomic E-state index is 12.1. The largest absolute Gasteiger partial charge is 0.494 e. The van der Waals surface area contributed by atoms with E-state index in [0.29, 0.717) is 22.9 Å². The van der Waals surface area contributed by atoms with E-state index in [1.54, 1.807) is 54.3 Å². The molecular weight excluding hydrogens is 326 g/mol. The van der Waals surface area contributed by atoms with E-state index >= 15 is 0 Å². The van der Waals surface area contributed by atoms with Crippen LogP contribution in [0.4, 0.5) is 5.69 Å². The molecule has 0 fully saturated rings. The first-order chi connectivity index (χ1) is 11.7. The van der Waals surface area contributed by atoms with Gasteiger partial charge < -0.3 is 10.1 Å². The van der Waals surface area contributed by atoms with E-state index in [0.717, 1.165) is 5.56 Å². The summed E-state index contributed by atoms with van der Waals surface area (Å²) >= 11 is 1.58. The van der Waals surface area contributed by atoms with Crippen molar-refractivity contribution in [1.29, 1.82) is 0 Å². The number of carbonyl (C=O) groups is 1. The Hall–Kier alpha value is -3.00. The van der Waals surface area contributed by atoms with E-state index in [4.69, 9.17) is 4.74 Å².